The second-order valence-electron chi connectivity index (χ2n) is 8.38. The summed E-state index contributed by atoms with van der Waals surface area (Å²) in [5, 5.41) is 6.52. The van der Waals surface area contributed by atoms with E-state index in [2.05, 4.69) is 58.8 Å². The number of Topliss-reactive ketones (excluding diaryl/α,β-unsaturated/α-hetero) is 1. The Kier molecular flexibility index (Phi) is 7.98. The van der Waals surface area contributed by atoms with Crippen molar-refractivity contribution < 1.29 is 9.59 Å². The van der Waals surface area contributed by atoms with Crippen LogP contribution < -0.4 is 10.6 Å². The van der Waals surface area contributed by atoms with Crippen LogP contribution in [0.4, 0.5) is 0 Å². The van der Waals surface area contributed by atoms with E-state index in [0.29, 0.717) is 37.0 Å². The third-order valence-electron chi connectivity index (χ3n) is 5.14. The Morgan fingerprint density at radius 2 is 1.33 bits per heavy atom. The summed E-state index contributed by atoms with van der Waals surface area (Å²) in [4.78, 5) is 24.9. The molecular formula is C20H36N2O2. The molecule has 4 heteroatoms. The molecule has 1 aliphatic heterocycles. The van der Waals surface area contributed by atoms with Gasteiger partial charge in [-0.1, -0.05) is 48.1 Å². The Hall–Kier alpha value is -1.32. The van der Waals surface area contributed by atoms with Crippen molar-refractivity contribution >= 4 is 11.7 Å². The molecular weight excluding hydrogens is 300 g/mol. The molecule has 1 aliphatic rings. The lowest BCUT2D eigenvalue weighted by Crippen LogP contribution is -2.45. The minimum absolute atomic E-state index is 0.0153. The van der Waals surface area contributed by atoms with Crippen LogP contribution in [0.5, 0.6) is 0 Å². The summed E-state index contributed by atoms with van der Waals surface area (Å²) in [6.07, 6.45) is 2.20. The zero-order valence-electron chi connectivity index (χ0n) is 16.3. The lowest BCUT2D eigenvalue weighted by molar-refractivity contribution is -0.124. The average molecular weight is 337 g/mol. The molecule has 3 unspecified atom stereocenters. The van der Waals surface area contributed by atoms with Gasteiger partial charge >= 0.3 is 0 Å². The van der Waals surface area contributed by atoms with Crippen LogP contribution >= 0.6 is 0 Å². The van der Waals surface area contributed by atoms with Gasteiger partial charge in [-0.15, -0.1) is 0 Å². The minimum atomic E-state index is -0.0757. The summed E-state index contributed by atoms with van der Waals surface area (Å²) < 4.78 is 0. The van der Waals surface area contributed by atoms with Crippen molar-refractivity contribution in [3.05, 3.63) is 12.3 Å². The van der Waals surface area contributed by atoms with Crippen LogP contribution in [-0.4, -0.2) is 23.8 Å². The standard InChI is InChI=1S/C20H36N2O2/c1-12(2)16-8-15(7)21-19(14(5)6)11-20(24)22-18(13(3)4)10-17(23)9-16/h12-14,16,18-19,21H,7-11H2,1-6H3,(H,22,24). The van der Waals surface area contributed by atoms with Crippen LogP contribution in [0.2, 0.25) is 0 Å². The van der Waals surface area contributed by atoms with Crippen molar-refractivity contribution in [2.24, 2.45) is 23.7 Å². The summed E-state index contributed by atoms with van der Waals surface area (Å²) in [6.45, 7) is 16.8. The van der Waals surface area contributed by atoms with Crippen molar-refractivity contribution in [3.8, 4) is 0 Å². The van der Waals surface area contributed by atoms with Gasteiger partial charge in [0.15, 0.2) is 0 Å². The summed E-state index contributed by atoms with van der Waals surface area (Å²) in [6, 6.07) is 0.00139. The van der Waals surface area contributed by atoms with E-state index in [1.54, 1.807) is 0 Å². The second kappa shape index (κ2) is 9.24. The molecule has 0 spiro atoms. The highest BCUT2D eigenvalue weighted by molar-refractivity contribution is 5.81. The Morgan fingerprint density at radius 1 is 0.792 bits per heavy atom. The predicted molar refractivity (Wildman–Crippen MR) is 99.5 cm³/mol. The van der Waals surface area contributed by atoms with E-state index >= 15 is 0 Å². The largest absolute Gasteiger partial charge is 0.385 e. The van der Waals surface area contributed by atoms with Crippen LogP contribution in [0.15, 0.2) is 12.3 Å². The fraction of sp³-hybridized carbons (Fsp3) is 0.800. The quantitative estimate of drug-likeness (QED) is 0.827. The highest BCUT2D eigenvalue weighted by Crippen LogP contribution is 2.25. The summed E-state index contributed by atoms with van der Waals surface area (Å²) in [5.74, 6) is 1.57. The van der Waals surface area contributed by atoms with Crippen LogP contribution in [0.3, 0.4) is 0 Å². The van der Waals surface area contributed by atoms with E-state index in [4.69, 9.17) is 0 Å². The molecule has 0 aromatic rings. The van der Waals surface area contributed by atoms with Gasteiger partial charge < -0.3 is 10.6 Å². The summed E-state index contributed by atoms with van der Waals surface area (Å²) in [5.41, 5.74) is 0.939. The number of hydrogen-bond acceptors (Lipinski definition) is 3. The third-order valence-corrected chi connectivity index (χ3v) is 5.14. The Labute approximate surface area is 147 Å². The van der Waals surface area contributed by atoms with Gasteiger partial charge in [0.05, 0.1) is 0 Å². The number of carbonyl (C=O) groups is 2. The molecule has 0 aromatic carbocycles. The first-order chi connectivity index (χ1) is 11.1. The maximum Gasteiger partial charge on any atom is 0.222 e. The molecule has 1 fully saturated rings. The van der Waals surface area contributed by atoms with Crippen molar-refractivity contribution in [2.75, 3.05) is 0 Å². The molecule has 138 valence electrons. The number of nitrogens with one attached hydrogen (secondary N) is 2. The van der Waals surface area contributed by atoms with Gasteiger partial charge in [0.25, 0.3) is 0 Å². The minimum Gasteiger partial charge on any atom is -0.385 e. The van der Waals surface area contributed by atoms with Crippen molar-refractivity contribution in [2.45, 2.75) is 79.3 Å². The van der Waals surface area contributed by atoms with Crippen molar-refractivity contribution in [3.63, 3.8) is 0 Å². The Morgan fingerprint density at radius 3 is 1.83 bits per heavy atom. The van der Waals surface area contributed by atoms with Crippen LogP contribution in [0.1, 0.15) is 67.2 Å². The van der Waals surface area contributed by atoms with Crippen LogP contribution in [-0.2, 0) is 9.59 Å². The zero-order chi connectivity index (χ0) is 18.4. The topological polar surface area (TPSA) is 58.2 Å². The van der Waals surface area contributed by atoms with Crippen LogP contribution in [0, 0.1) is 23.7 Å². The number of allylic oxidation sites excluding steroid dienone is 1. The zero-order valence-corrected chi connectivity index (χ0v) is 16.3. The molecule has 0 bridgehead atoms. The number of carbonyl (C=O) groups excluding carboxylic acids is 2. The van der Waals surface area contributed by atoms with Crippen LogP contribution in [0.25, 0.3) is 0 Å². The molecule has 0 aromatic heterocycles. The monoisotopic (exact) mass is 336 g/mol. The molecule has 4 nitrogen and oxygen atoms in total. The first kappa shape index (κ1) is 20.7. The lowest BCUT2D eigenvalue weighted by Gasteiger charge is -2.30. The number of rotatable bonds is 3. The smallest absolute Gasteiger partial charge is 0.222 e. The normalized spacial score (nSPS) is 27.7. The molecule has 24 heavy (non-hydrogen) atoms. The van der Waals surface area contributed by atoms with E-state index in [0.717, 1.165) is 12.1 Å². The summed E-state index contributed by atoms with van der Waals surface area (Å²) in [7, 11) is 0. The third kappa shape index (κ3) is 6.66. The van der Waals surface area contributed by atoms with Gasteiger partial charge in [-0.2, -0.15) is 0 Å². The first-order valence-electron chi connectivity index (χ1n) is 9.35. The number of ketones is 1. The molecule has 1 heterocycles. The lowest BCUT2D eigenvalue weighted by atomic mass is 9.84. The maximum absolute atomic E-state index is 12.5. The van der Waals surface area contributed by atoms with Gasteiger partial charge in [-0.05, 0) is 30.1 Å². The van der Waals surface area contributed by atoms with Gasteiger partial charge in [0.1, 0.15) is 5.78 Å². The maximum atomic E-state index is 12.5. The predicted octanol–water partition coefficient (Wildman–Crippen LogP) is 3.67. The van der Waals surface area contributed by atoms with Crippen molar-refractivity contribution in [1.29, 1.82) is 0 Å². The van der Waals surface area contributed by atoms with E-state index in [-0.39, 0.29) is 29.7 Å². The Bertz CT molecular complexity index is 364. The van der Waals surface area contributed by atoms with E-state index in [9.17, 15) is 9.59 Å². The van der Waals surface area contributed by atoms with Gasteiger partial charge in [0.2, 0.25) is 5.91 Å². The van der Waals surface area contributed by atoms with E-state index in [1.165, 1.54) is 0 Å². The second-order valence-corrected chi connectivity index (χ2v) is 8.38. The molecule has 2 N–H and O–H groups in total. The summed E-state index contributed by atoms with van der Waals surface area (Å²) >= 11 is 0. The van der Waals surface area contributed by atoms with Crippen molar-refractivity contribution in [1.82, 2.24) is 10.6 Å². The van der Waals surface area contributed by atoms with Gasteiger partial charge in [-0.25, -0.2) is 0 Å². The molecule has 1 saturated heterocycles. The molecule has 0 aliphatic carbocycles. The number of hydrogen-bond donors (Lipinski definition) is 2. The fourth-order valence-electron chi connectivity index (χ4n) is 3.17. The fourth-order valence-corrected chi connectivity index (χ4v) is 3.17. The van der Waals surface area contributed by atoms with E-state index < -0.39 is 0 Å². The molecule has 3 atom stereocenters. The average Bonchev–Trinajstić information content (AvgIpc) is 2.43. The molecule has 0 radical (unpaired) electrons. The first-order valence-corrected chi connectivity index (χ1v) is 9.35. The molecule has 1 rings (SSSR count). The highest BCUT2D eigenvalue weighted by Gasteiger charge is 2.27. The highest BCUT2D eigenvalue weighted by atomic mass is 16.2. The Balaban J connectivity index is 3.01. The van der Waals surface area contributed by atoms with Gasteiger partial charge in [0, 0.05) is 37.0 Å². The van der Waals surface area contributed by atoms with E-state index in [1.807, 2.05) is 0 Å². The molecule has 1 amide bonds. The van der Waals surface area contributed by atoms with Gasteiger partial charge in [-0.3, -0.25) is 9.59 Å². The SMILES string of the molecule is C=C1CC(C(C)C)CC(=O)CC(C(C)C)NC(=O)CC(C(C)C)N1. The number of amides is 1. The molecule has 0 saturated carbocycles.